The predicted molar refractivity (Wildman–Crippen MR) is 79.9 cm³/mol. The van der Waals surface area contributed by atoms with E-state index in [1.54, 1.807) is 0 Å². The first kappa shape index (κ1) is 15.9. The van der Waals surface area contributed by atoms with E-state index in [2.05, 4.69) is 57.2 Å². The molecule has 1 rings (SSSR count). The lowest BCUT2D eigenvalue weighted by Crippen LogP contribution is -2.62. The summed E-state index contributed by atoms with van der Waals surface area (Å²) in [6, 6.07) is 0.690. The van der Waals surface area contributed by atoms with Gasteiger partial charge in [0, 0.05) is 23.8 Å². The molecule has 18 heavy (non-hydrogen) atoms. The van der Waals surface area contributed by atoms with Crippen LogP contribution in [-0.2, 0) is 0 Å². The summed E-state index contributed by atoms with van der Waals surface area (Å²) in [6.45, 7) is 13.8. The van der Waals surface area contributed by atoms with Crippen LogP contribution in [0.25, 0.3) is 0 Å². The molecule has 3 nitrogen and oxygen atoms in total. The minimum absolute atomic E-state index is 0.241. The van der Waals surface area contributed by atoms with Gasteiger partial charge in [0.05, 0.1) is 0 Å². The van der Waals surface area contributed by atoms with Crippen LogP contribution in [-0.4, -0.2) is 42.3 Å². The molecule has 108 valence electrons. The van der Waals surface area contributed by atoms with Crippen molar-refractivity contribution in [2.24, 2.45) is 0 Å². The highest BCUT2D eigenvalue weighted by atomic mass is 15.3. The molecule has 0 atom stereocenters. The smallest absolute Gasteiger partial charge is 0.0480 e. The van der Waals surface area contributed by atoms with Crippen LogP contribution in [0, 0.1) is 0 Å². The van der Waals surface area contributed by atoms with E-state index in [1.165, 1.54) is 32.2 Å². The lowest BCUT2D eigenvalue weighted by atomic mass is 9.79. The molecule has 0 aliphatic carbocycles. The molecule has 0 saturated carbocycles. The van der Waals surface area contributed by atoms with E-state index in [0.29, 0.717) is 6.04 Å². The molecular formula is C15H33N3. The molecule has 1 aliphatic rings. The molecule has 0 radical (unpaired) electrons. The summed E-state index contributed by atoms with van der Waals surface area (Å²) in [5.41, 5.74) is 0.481. The highest BCUT2D eigenvalue weighted by Gasteiger charge is 2.39. The van der Waals surface area contributed by atoms with Crippen molar-refractivity contribution >= 4 is 0 Å². The minimum atomic E-state index is 0.241. The monoisotopic (exact) mass is 255 g/mol. The Morgan fingerprint density at radius 1 is 1.17 bits per heavy atom. The average molecular weight is 255 g/mol. The normalized spacial score (nSPS) is 23.5. The van der Waals surface area contributed by atoms with Crippen molar-refractivity contribution < 1.29 is 0 Å². The number of hydrogen-bond donors (Lipinski definition) is 2. The van der Waals surface area contributed by atoms with Gasteiger partial charge in [-0.2, -0.15) is 0 Å². The molecule has 0 aromatic carbocycles. The maximum absolute atomic E-state index is 3.77. The summed E-state index contributed by atoms with van der Waals surface area (Å²) in [5.74, 6) is 0. The number of unbranched alkanes of at least 4 members (excludes halogenated alkanes) is 1. The molecule has 0 unspecified atom stereocenters. The molecule has 2 N–H and O–H groups in total. The Bertz CT molecular complexity index is 232. The Balaban J connectivity index is 2.70. The zero-order chi connectivity index (χ0) is 13.8. The second-order valence-corrected chi connectivity index (χ2v) is 7.13. The lowest BCUT2D eigenvalue weighted by molar-refractivity contribution is 0.0615. The van der Waals surface area contributed by atoms with Gasteiger partial charge in [-0.15, -0.1) is 0 Å². The number of nitrogens with one attached hydrogen (secondary N) is 2. The summed E-state index contributed by atoms with van der Waals surface area (Å²) >= 11 is 0. The fraction of sp³-hybridized carbons (Fsp3) is 1.00. The third-order valence-electron chi connectivity index (χ3n) is 3.85. The van der Waals surface area contributed by atoms with Crippen molar-refractivity contribution in [1.82, 2.24) is 15.5 Å². The van der Waals surface area contributed by atoms with Crippen LogP contribution in [0.5, 0.6) is 0 Å². The second kappa shape index (κ2) is 6.36. The molecule has 0 spiro atoms. The third-order valence-corrected chi connectivity index (χ3v) is 3.85. The molecule has 1 aliphatic heterocycles. The van der Waals surface area contributed by atoms with E-state index >= 15 is 0 Å². The Kier molecular flexibility index (Phi) is 5.63. The molecule has 3 heteroatoms. The highest BCUT2D eigenvalue weighted by molar-refractivity contribution is 5.00. The molecule has 0 aromatic rings. The first-order valence-corrected chi connectivity index (χ1v) is 7.47. The molecule has 1 fully saturated rings. The molecular weight excluding hydrogens is 222 g/mol. The van der Waals surface area contributed by atoms with Gasteiger partial charge in [-0.1, -0.05) is 13.3 Å². The van der Waals surface area contributed by atoms with Crippen LogP contribution in [0.2, 0.25) is 0 Å². The van der Waals surface area contributed by atoms with Crippen LogP contribution in [0.3, 0.4) is 0 Å². The van der Waals surface area contributed by atoms with Crippen molar-refractivity contribution in [2.45, 2.75) is 77.4 Å². The van der Waals surface area contributed by atoms with Crippen LogP contribution in [0.4, 0.5) is 0 Å². The Morgan fingerprint density at radius 3 is 2.17 bits per heavy atom. The third kappa shape index (κ3) is 4.87. The Labute approximate surface area is 114 Å². The van der Waals surface area contributed by atoms with Crippen LogP contribution in [0.15, 0.2) is 0 Å². The van der Waals surface area contributed by atoms with Crippen molar-refractivity contribution in [3.8, 4) is 0 Å². The van der Waals surface area contributed by atoms with Crippen LogP contribution >= 0.6 is 0 Å². The summed E-state index contributed by atoms with van der Waals surface area (Å²) in [4.78, 5) is 2.63. The van der Waals surface area contributed by atoms with Crippen molar-refractivity contribution in [1.29, 1.82) is 0 Å². The van der Waals surface area contributed by atoms with E-state index in [9.17, 15) is 0 Å². The standard InChI is InChI=1S/C15H33N3/c1-7-8-9-18(12-16-6)13-10-14(2,3)17-15(4,5)11-13/h13,16-17H,7-12H2,1-6H3. The summed E-state index contributed by atoms with van der Waals surface area (Å²) in [5, 5.41) is 7.10. The maximum Gasteiger partial charge on any atom is 0.0480 e. The summed E-state index contributed by atoms with van der Waals surface area (Å²) in [6.07, 6.45) is 5.05. The Morgan fingerprint density at radius 2 is 1.72 bits per heavy atom. The number of piperidine rings is 1. The van der Waals surface area contributed by atoms with Crippen molar-refractivity contribution in [3.63, 3.8) is 0 Å². The van der Waals surface area contributed by atoms with E-state index < -0.39 is 0 Å². The lowest BCUT2D eigenvalue weighted by Gasteiger charge is -2.49. The first-order chi connectivity index (χ1) is 8.29. The van der Waals surface area contributed by atoms with Gasteiger partial charge in [0.25, 0.3) is 0 Å². The second-order valence-electron chi connectivity index (χ2n) is 7.13. The van der Waals surface area contributed by atoms with Gasteiger partial charge in [0.15, 0.2) is 0 Å². The quantitative estimate of drug-likeness (QED) is 0.714. The minimum Gasteiger partial charge on any atom is -0.307 e. The van der Waals surface area contributed by atoms with Gasteiger partial charge in [-0.25, -0.2) is 0 Å². The van der Waals surface area contributed by atoms with Gasteiger partial charge in [0.1, 0.15) is 0 Å². The highest BCUT2D eigenvalue weighted by Crippen LogP contribution is 2.31. The van der Waals surface area contributed by atoms with Crippen molar-refractivity contribution in [2.75, 3.05) is 20.3 Å². The van der Waals surface area contributed by atoms with E-state index in [0.717, 1.165) is 6.67 Å². The first-order valence-electron chi connectivity index (χ1n) is 7.47. The predicted octanol–water partition coefficient (Wildman–Crippen LogP) is 2.57. The van der Waals surface area contributed by atoms with E-state index in [1.807, 2.05) is 0 Å². The fourth-order valence-corrected chi connectivity index (χ4v) is 3.48. The number of hydrogen-bond acceptors (Lipinski definition) is 3. The topological polar surface area (TPSA) is 27.3 Å². The molecule has 1 heterocycles. The van der Waals surface area contributed by atoms with E-state index in [-0.39, 0.29) is 11.1 Å². The number of nitrogens with zero attached hydrogens (tertiary/aromatic N) is 1. The van der Waals surface area contributed by atoms with Crippen LogP contribution < -0.4 is 10.6 Å². The number of rotatable bonds is 6. The largest absolute Gasteiger partial charge is 0.307 e. The summed E-state index contributed by atoms with van der Waals surface area (Å²) in [7, 11) is 2.05. The molecule has 0 bridgehead atoms. The Hall–Kier alpha value is -0.120. The van der Waals surface area contributed by atoms with Gasteiger partial charge in [-0.3, -0.25) is 4.90 Å². The van der Waals surface area contributed by atoms with Gasteiger partial charge >= 0.3 is 0 Å². The molecule has 0 aromatic heterocycles. The van der Waals surface area contributed by atoms with Gasteiger partial charge in [0.2, 0.25) is 0 Å². The summed E-state index contributed by atoms with van der Waals surface area (Å²) < 4.78 is 0. The zero-order valence-corrected chi connectivity index (χ0v) is 13.3. The average Bonchev–Trinajstić information content (AvgIpc) is 2.19. The van der Waals surface area contributed by atoms with Crippen LogP contribution in [0.1, 0.15) is 60.3 Å². The van der Waals surface area contributed by atoms with Gasteiger partial charge in [-0.05, 0) is 60.5 Å². The fourth-order valence-electron chi connectivity index (χ4n) is 3.48. The molecule has 1 saturated heterocycles. The zero-order valence-electron chi connectivity index (χ0n) is 13.3. The van der Waals surface area contributed by atoms with Gasteiger partial charge < -0.3 is 10.6 Å². The maximum atomic E-state index is 3.77. The van der Waals surface area contributed by atoms with Crippen molar-refractivity contribution in [3.05, 3.63) is 0 Å². The molecule has 0 amide bonds. The SMILES string of the molecule is CCCCN(CNC)C1CC(C)(C)NC(C)(C)C1. The van der Waals surface area contributed by atoms with E-state index in [4.69, 9.17) is 0 Å².